The van der Waals surface area contributed by atoms with Gasteiger partial charge in [-0.1, -0.05) is 0 Å². The third kappa shape index (κ3) is 8.93. The Morgan fingerprint density at radius 1 is 1.11 bits per heavy atom. The summed E-state index contributed by atoms with van der Waals surface area (Å²) in [5, 5.41) is 64.2. The van der Waals surface area contributed by atoms with Crippen LogP contribution in [0.1, 0.15) is 6.23 Å². The van der Waals surface area contributed by atoms with Gasteiger partial charge in [0.25, 0.3) is 11.1 Å². The van der Waals surface area contributed by atoms with Crippen LogP contribution in [0, 0.1) is 0 Å². The minimum absolute atomic E-state index is 0.479. The van der Waals surface area contributed by atoms with Crippen molar-refractivity contribution in [1.29, 1.82) is 0 Å². The fourth-order valence-corrected chi connectivity index (χ4v) is 4.81. The molecular formula is C15H27N3O17P2. The molecule has 22 heteroatoms. The van der Waals surface area contributed by atoms with E-state index in [1.54, 1.807) is 0 Å². The Bertz CT molecular complexity index is 1120. The van der Waals surface area contributed by atoms with Gasteiger partial charge in [-0.25, -0.2) is 13.7 Å². The second-order valence-electron chi connectivity index (χ2n) is 7.43. The van der Waals surface area contributed by atoms with Gasteiger partial charge in [0.2, 0.25) is 0 Å². The minimum Gasteiger partial charge on any atom is -0.394 e. The standard InChI is InChI=1S/C9H12N2O6.C6H15NO11P2/c12-3-4-6(14)7(15)8(17-4)11-2-1-5(13)10-9(11)16;7-3(5(11)4(10)2(9)1-8)6(12)19(13,14)18-20(15,16)17/h1-2,4,6-8,12,14-15H,3H2,(H,10,13,16);2-5,8-11H,1,7H2,(H,13,14)(H2,15,16,17)/t4-,6-,7-,8-;2-,3-,4+,5-/m11/s1. The molecule has 1 unspecified atom stereocenters. The predicted octanol–water partition coefficient (Wildman–Crippen LogP) is -6.64. The average molecular weight is 583 g/mol. The first-order chi connectivity index (χ1) is 16.9. The van der Waals surface area contributed by atoms with E-state index < -0.39 is 94.3 Å². The average Bonchev–Trinajstić information content (AvgIpc) is 3.09. The summed E-state index contributed by atoms with van der Waals surface area (Å²) < 4.78 is 31.1. The third-order valence-corrected chi connectivity index (χ3v) is 7.31. The Kier molecular flexibility index (Phi) is 12.0. The molecule has 0 aromatic carbocycles. The van der Waals surface area contributed by atoms with Crippen molar-refractivity contribution in [2.24, 2.45) is 5.73 Å². The van der Waals surface area contributed by atoms with E-state index in [2.05, 4.69) is 4.31 Å². The maximum atomic E-state index is 11.4. The summed E-state index contributed by atoms with van der Waals surface area (Å²) in [7, 11) is -11.0. The first-order valence-electron chi connectivity index (χ1n) is 9.86. The highest BCUT2D eigenvalue weighted by Gasteiger charge is 2.46. The number of hydrogen-bond acceptors (Lipinski definition) is 15. The van der Waals surface area contributed by atoms with Crippen molar-refractivity contribution in [1.82, 2.24) is 9.55 Å². The van der Waals surface area contributed by atoms with Gasteiger partial charge in [-0.3, -0.25) is 23.7 Å². The summed E-state index contributed by atoms with van der Waals surface area (Å²) in [6, 6.07) is -1.20. The maximum absolute atomic E-state index is 11.4. The molecule has 1 aliphatic rings. The molecule has 13 N–H and O–H groups in total. The molecule has 0 spiro atoms. The van der Waals surface area contributed by atoms with E-state index in [1.165, 1.54) is 0 Å². The number of nitrogens with two attached hydrogens (primary N) is 1. The van der Waals surface area contributed by atoms with Crippen LogP contribution in [-0.2, 0) is 23.0 Å². The Hall–Kier alpha value is -1.71. The van der Waals surface area contributed by atoms with Crippen LogP contribution in [-0.4, -0.2) is 121 Å². The van der Waals surface area contributed by atoms with Crippen LogP contribution in [0.2, 0.25) is 0 Å². The number of hydrogen-bond donors (Lipinski definition) is 12. The lowest BCUT2D eigenvalue weighted by molar-refractivity contribution is -0.123. The van der Waals surface area contributed by atoms with Crippen molar-refractivity contribution in [2.45, 2.75) is 48.9 Å². The number of rotatable bonds is 10. The van der Waals surface area contributed by atoms with Gasteiger partial charge in [-0.05, 0) is 0 Å². The quantitative estimate of drug-likeness (QED) is 0.114. The van der Waals surface area contributed by atoms with Gasteiger partial charge >= 0.3 is 21.1 Å². The fraction of sp³-hybridized carbons (Fsp3) is 0.667. The number of nitrogens with zero attached hydrogens (tertiary/aromatic N) is 1. The Morgan fingerprint density at radius 2 is 1.68 bits per heavy atom. The zero-order valence-electron chi connectivity index (χ0n) is 18.4. The molecule has 37 heavy (non-hydrogen) atoms. The molecule has 0 bridgehead atoms. The highest BCUT2D eigenvalue weighted by Crippen LogP contribution is 2.57. The van der Waals surface area contributed by atoms with Crippen LogP contribution in [0.3, 0.4) is 0 Å². The Labute approximate surface area is 205 Å². The van der Waals surface area contributed by atoms with E-state index >= 15 is 0 Å². The van der Waals surface area contributed by atoms with Crippen LogP contribution in [0.15, 0.2) is 21.9 Å². The summed E-state index contributed by atoms with van der Waals surface area (Å²) in [6.07, 6.45) is -9.91. The number of ether oxygens (including phenoxy) is 1. The zero-order valence-corrected chi connectivity index (χ0v) is 20.2. The highest BCUT2D eigenvalue weighted by molar-refractivity contribution is 7.76. The molecule has 20 nitrogen and oxygen atoms in total. The third-order valence-electron chi connectivity index (χ3n) is 4.72. The van der Waals surface area contributed by atoms with Crippen LogP contribution >= 0.6 is 15.4 Å². The predicted molar refractivity (Wildman–Crippen MR) is 115 cm³/mol. The summed E-state index contributed by atoms with van der Waals surface area (Å²) in [4.78, 5) is 61.4. The Morgan fingerprint density at radius 3 is 2.11 bits per heavy atom. The van der Waals surface area contributed by atoms with Crippen molar-refractivity contribution in [3.05, 3.63) is 33.1 Å². The molecule has 1 aliphatic heterocycles. The SMILES string of the molecule is N[C@@H](C(=O)P(=O)(O)OP(=O)(O)O)[C@@H](O)[C@@H](O)[C@H](O)CO.O=c1ccn([C@@H]2O[C@H](CO)[C@@H](O)[C@H]2O)c(=O)[nH]1. The lowest BCUT2D eigenvalue weighted by Gasteiger charge is -2.26. The molecule has 2 rings (SSSR count). The lowest BCUT2D eigenvalue weighted by atomic mass is 10.0. The molecule has 1 aromatic rings. The van der Waals surface area contributed by atoms with E-state index in [-0.39, 0.29) is 0 Å². The number of aliphatic hydroxyl groups is 7. The normalized spacial score (nSPS) is 26.8. The molecule has 2 heterocycles. The molecule has 0 radical (unpaired) electrons. The molecule has 0 saturated carbocycles. The van der Waals surface area contributed by atoms with Crippen molar-refractivity contribution in [3.63, 3.8) is 0 Å². The van der Waals surface area contributed by atoms with Gasteiger partial charge in [0.1, 0.15) is 42.7 Å². The number of carbonyl (C=O) groups is 1. The number of aliphatic hydroxyl groups excluding tert-OH is 7. The number of carbonyl (C=O) groups excluding carboxylic acids is 1. The van der Waals surface area contributed by atoms with Crippen LogP contribution in [0.5, 0.6) is 0 Å². The van der Waals surface area contributed by atoms with Gasteiger partial charge in [0.15, 0.2) is 6.23 Å². The summed E-state index contributed by atoms with van der Waals surface area (Å²) in [5.74, 6) is 0. The molecule has 1 fully saturated rings. The van der Waals surface area contributed by atoms with Gasteiger partial charge in [-0.15, -0.1) is 0 Å². The van der Waals surface area contributed by atoms with E-state index in [9.17, 15) is 43.9 Å². The van der Waals surface area contributed by atoms with Crippen LogP contribution in [0.4, 0.5) is 0 Å². The van der Waals surface area contributed by atoms with Crippen molar-refractivity contribution < 1.29 is 73.4 Å². The van der Waals surface area contributed by atoms with E-state index in [1.807, 2.05) is 4.98 Å². The van der Waals surface area contributed by atoms with Crippen LogP contribution < -0.4 is 17.0 Å². The van der Waals surface area contributed by atoms with Crippen LogP contribution in [0.25, 0.3) is 0 Å². The summed E-state index contributed by atoms with van der Waals surface area (Å²) in [6.45, 7) is -1.48. The van der Waals surface area contributed by atoms with Crippen molar-refractivity contribution >= 4 is 20.9 Å². The molecular weight excluding hydrogens is 556 g/mol. The van der Waals surface area contributed by atoms with Crippen molar-refractivity contribution in [3.8, 4) is 0 Å². The molecule has 0 amide bonds. The fourth-order valence-electron chi connectivity index (χ4n) is 2.80. The van der Waals surface area contributed by atoms with Gasteiger partial charge in [0, 0.05) is 12.3 Å². The second-order valence-corrected chi connectivity index (χ2v) is 10.5. The smallest absolute Gasteiger partial charge is 0.394 e. The summed E-state index contributed by atoms with van der Waals surface area (Å²) in [5.41, 5.74) is 1.72. The Balaban J connectivity index is 0.000000373. The highest BCUT2D eigenvalue weighted by atomic mass is 31.3. The van der Waals surface area contributed by atoms with Gasteiger partial charge in [-0.2, -0.15) is 0 Å². The number of aromatic amines is 1. The number of aromatic nitrogens is 2. The first kappa shape index (κ1) is 33.3. The monoisotopic (exact) mass is 583 g/mol. The van der Waals surface area contributed by atoms with Crippen molar-refractivity contribution in [2.75, 3.05) is 13.2 Å². The maximum Gasteiger partial charge on any atom is 0.477 e. The second kappa shape index (κ2) is 13.4. The zero-order chi connectivity index (χ0) is 28.9. The molecule has 1 aromatic heterocycles. The lowest BCUT2D eigenvalue weighted by Crippen LogP contribution is -2.52. The molecule has 214 valence electrons. The molecule has 9 atom stereocenters. The van der Waals surface area contributed by atoms with E-state index in [0.717, 1.165) is 16.8 Å². The first-order valence-corrected chi connectivity index (χ1v) is 13.0. The van der Waals surface area contributed by atoms with Gasteiger partial charge in [0.05, 0.1) is 13.2 Å². The topological polar surface area (TPSA) is 353 Å². The minimum atomic E-state index is -5.54. The van der Waals surface area contributed by atoms with E-state index in [4.69, 9.17) is 40.5 Å². The molecule has 0 aliphatic carbocycles. The van der Waals surface area contributed by atoms with E-state index in [0.29, 0.717) is 0 Å². The molecule has 1 saturated heterocycles. The van der Waals surface area contributed by atoms with Gasteiger partial charge < -0.3 is 60.9 Å². The number of nitrogens with one attached hydrogen (secondary N) is 1. The largest absolute Gasteiger partial charge is 0.477 e. The number of H-pyrrole nitrogens is 1. The summed E-state index contributed by atoms with van der Waals surface area (Å²) >= 11 is 0. The number of phosphoric acid groups is 1.